The predicted octanol–water partition coefficient (Wildman–Crippen LogP) is 3.02. The number of Topliss-reactive ketones (excluding diaryl/α,β-unsaturated/α-hetero) is 2. The third-order valence-corrected chi connectivity index (χ3v) is 10.2. The molecule has 4 aliphatic carbocycles. The molecule has 0 aromatic heterocycles. The van der Waals surface area contributed by atoms with Gasteiger partial charge in [-0.05, 0) is 57.3 Å². The van der Waals surface area contributed by atoms with Crippen LogP contribution in [0.3, 0.4) is 0 Å². The summed E-state index contributed by atoms with van der Waals surface area (Å²) in [5.41, 5.74) is 13.3. The van der Waals surface area contributed by atoms with Gasteiger partial charge in [-0.3, -0.25) is 9.59 Å². The second kappa shape index (κ2) is 10.4. The SMILES string of the molecule is C=CC(=O)OCCC1CCC(SC2CC(N)C3C(=O)C4CCCCC4C(=O)C3C2N)CC1. The van der Waals surface area contributed by atoms with E-state index in [1.165, 1.54) is 6.08 Å². The van der Waals surface area contributed by atoms with Crippen LogP contribution in [0.1, 0.15) is 64.2 Å². The summed E-state index contributed by atoms with van der Waals surface area (Å²) in [5, 5.41) is 0.650. The number of carbonyl (C=O) groups excluding carboxylic acids is 3. The molecule has 0 aliphatic heterocycles. The maximum absolute atomic E-state index is 13.4. The Morgan fingerprint density at radius 1 is 1.00 bits per heavy atom. The molecule has 4 fully saturated rings. The first-order valence-corrected chi connectivity index (χ1v) is 13.4. The van der Waals surface area contributed by atoms with Crippen LogP contribution in [0, 0.1) is 29.6 Å². The number of ketones is 2. The van der Waals surface area contributed by atoms with Crippen LogP contribution in [-0.2, 0) is 19.1 Å². The van der Waals surface area contributed by atoms with E-state index in [9.17, 15) is 14.4 Å². The molecule has 0 aromatic rings. The lowest BCUT2D eigenvalue weighted by molar-refractivity contribution is -0.152. The molecule has 32 heavy (non-hydrogen) atoms. The second-order valence-electron chi connectivity index (χ2n) is 10.3. The molecule has 4 N–H and O–H groups in total. The van der Waals surface area contributed by atoms with Crippen molar-refractivity contribution in [3.63, 3.8) is 0 Å². The Morgan fingerprint density at radius 3 is 2.25 bits per heavy atom. The highest BCUT2D eigenvalue weighted by molar-refractivity contribution is 8.00. The van der Waals surface area contributed by atoms with Crippen molar-refractivity contribution in [2.24, 2.45) is 41.1 Å². The van der Waals surface area contributed by atoms with Crippen LogP contribution < -0.4 is 11.5 Å². The molecule has 0 amide bonds. The summed E-state index contributed by atoms with van der Waals surface area (Å²) in [4.78, 5) is 37.8. The first-order valence-electron chi connectivity index (χ1n) is 12.4. The summed E-state index contributed by atoms with van der Waals surface area (Å²) in [6, 6.07) is -0.535. The minimum absolute atomic E-state index is 0.110. The number of ether oxygens (including phenoxy) is 1. The Morgan fingerprint density at radius 2 is 1.62 bits per heavy atom. The molecule has 0 saturated heterocycles. The molecule has 0 bridgehead atoms. The maximum Gasteiger partial charge on any atom is 0.330 e. The zero-order valence-electron chi connectivity index (χ0n) is 19.0. The Hall–Kier alpha value is -1.18. The van der Waals surface area contributed by atoms with Crippen LogP contribution >= 0.6 is 11.8 Å². The second-order valence-corrected chi connectivity index (χ2v) is 11.9. The molecule has 4 aliphatic rings. The molecule has 178 valence electrons. The normalized spacial score (nSPS) is 42.0. The molecular weight excluding hydrogens is 424 g/mol. The zero-order chi connectivity index (χ0) is 22.8. The van der Waals surface area contributed by atoms with Crippen molar-refractivity contribution in [1.29, 1.82) is 0 Å². The van der Waals surface area contributed by atoms with Crippen molar-refractivity contribution in [2.45, 2.75) is 86.8 Å². The molecule has 4 rings (SSSR count). The maximum atomic E-state index is 13.4. The van der Waals surface area contributed by atoms with Crippen LogP contribution in [0.4, 0.5) is 0 Å². The van der Waals surface area contributed by atoms with Crippen LogP contribution in [0.2, 0.25) is 0 Å². The van der Waals surface area contributed by atoms with E-state index in [2.05, 4.69) is 6.58 Å². The Balaban J connectivity index is 1.32. The molecule has 4 saturated carbocycles. The van der Waals surface area contributed by atoms with Crippen molar-refractivity contribution in [1.82, 2.24) is 0 Å². The average molecular weight is 463 g/mol. The van der Waals surface area contributed by atoms with Crippen molar-refractivity contribution in [3.8, 4) is 0 Å². The molecule has 0 aromatic carbocycles. The van der Waals surface area contributed by atoms with E-state index in [1.54, 1.807) is 0 Å². The number of fused-ring (bicyclic) bond motifs is 2. The summed E-state index contributed by atoms with van der Waals surface area (Å²) < 4.78 is 5.12. The first kappa shape index (κ1) is 24.0. The van der Waals surface area contributed by atoms with Gasteiger partial charge in [0, 0.05) is 52.3 Å². The van der Waals surface area contributed by atoms with E-state index in [-0.39, 0.29) is 58.5 Å². The number of hydrogen-bond donors (Lipinski definition) is 2. The van der Waals surface area contributed by atoms with Crippen molar-refractivity contribution in [3.05, 3.63) is 12.7 Å². The molecule has 0 heterocycles. The Labute approximate surface area is 195 Å². The van der Waals surface area contributed by atoms with E-state index in [1.807, 2.05) is 11.8 Å². The summed E-state index contributed by atoms with van der Waals surface area (Å²) in [6.45, 7) is 3.88. The van der Waals surface area contributed by atoms with E-state index in [0.717, 1.165) is 64.2 Å². The molecule has 0 radical (unpaired) electrons. The van der Waals surface area contributed by atoms with E-state index >= 15 is 0 Å². The highest BCUT2D eigenvalue weighted by atomic mass is 32.2. The topological polar surface area (TPSA) is 112 Å². The molecule has 6 nitrogen and oxygen atoms in total. The van der Waals surface area contributed by atoms with Crippen molar-refractivity contribution < 1.29 is 19.1 Å². The van der Waals surface area contributed by atoms with Crippen LogP contribution in [-0.4, -0.2) is 46.7 Å². The van der Waals surface area contributed by atoms with Crippen LogP contribution in [0.5, 0.6) is 0 Å². The smallest absolute Gasteiger partial charge is 0.330 e. The fourth-order valence-electron chi connectivity index (χ4n) is 6.71. The largest absolute Gasteiger partial charge is 0.463 e. The van der Waals surface area contributed by atoms with E-state index in [0.29, 0.717) is 17.8 Å². The minimum Gasteiger partial charge on any atom is -0.463 e. The minimum atomic E-state index is -0.390. The van der Waals surface area contributed by atoms with Crippen LogP contribution in [0.25, 0.3) is 0 Å². The lowest BCUT2D eigenvalue weighted by atomic mass is 9.56. The fourth-order valence-corrected chi connectivity index (χ4v) is 8.43. The van der Waals surface area contributed by atoms with Gasteiger partial charge in [-0.1, -0.05) is 19.4 Å². The van der Waals surface area contributed by atoms with Crippen molar-refractivity contribution in [2.75, 3.05) is 6.61 Å². The Kier molecular flexibility index (Phi) is 7.78. The van der Waals surface area contributed by atoms with Gasteiger partial charge >= 0.3 is 5.97 Å². The van der Waals surface area contributed by atoms with Gasteiger partial charge in [0.05, 0.1) is 6.61 Å². The summed E-state index contributed by atoms with van der Waals surface area (Å²) in [7, 11) is 0. The number of thioether (sulfide) groups is 1. The van der Waals surface area contributed by atoms with E-state index < -0.39 is 0 Å². The van der Waals surface area contributed by atoms with Gasteiger partial charge in [0.25, 0.3) is 0 Å². The van der Waals surface area contributed by atoms with Gasteiger partial charge < -0.3 is 16.2 Å². The average Bonchev–Trinajstić information content (AvgIpc) is 2.80. The lowest BCUT2D eigenvalue weighted by Crippen LogP contribution is -2.65. The number of rotatable bonds is 6. The number of esters is 1. The molecule has 7 heteroatoms. The number of carbonyl (C=O) groups is 3. The monoisotopic (exact) mass is 462 g/mol. The Bertz CT molecular complexity index is 735. The zero-order valence-corrected chi connectivity index (χ0v) is 19.8. The van der Waals surface area contributed by atoms with Crippen LogP contribution in [0.15, 0.2) is 12.7 Å². The van der Waals surface area contributed by atoms with E-state index in [4.69, 9.17) is 16.2 Å². The first-order chi connectivity index (χ1) is 15.4. The van der Waals surface area contributed by atoms with Gasteiger partial charge in [0.15, 0.2) is 0 Å². The predicted molar refractivity (Wildman–Crippen MR) is 126 cm³/mol. The third-order valence-electron chi connectivity index (χ3n) is 8.45. The van der Waals surface area contributed by atoms with Gasteiger partial charge in [-0.2, -0.15) is 11.8 Å². The van der Waals surface area contributed by atoms with Gasteiger partial charge in [-0.15, -0.1) is 0 Å². The third kappa shape index (κ3) is 4.85. The number of nitrogens with two attached hydrogens (primary N) is 2. The molecule has 0 spiro atoms. The van der Waals surface area contributed by atoms with Gasteiger partial charge in [-0.25, -0.2) is 4.79 Å². The van der Waals surface area contributed by atoms with Gasteiger partial charge in [0.2, 0.25) is 0 Å². The molecule has 7 unspecified atom stereocenters. The quantitative estimate of drug-likeness (QED) is 0.461. The highest BCUT2D eigenvalue weighted by Gasteiger charge is 2.57. The van der Waals surface area contributed by atoms with Gasteiger partial charge in [0.1, 0.15) is 11.6 Å². The highest BCUT2D eigenvalue weighted by Crippen LogP contribution is 2.48. The standard InChI is InChI=1S/C25H38N2O4S/c1-2-20(28)31-12-11-14-7-9-15(10-8-14)32-19-13-18(26)21-22(23(19)27)25(30)17-6-4-3-5-16(17)24(21)29/h2,14-19,21-23H,1,3-13,26-27H2. The summed E-state index contributed by atoms with van der Waals surface area (Å²) in [6.07, 6.45) is 11.0. The lowest BCUT2D eigenvalue weighted by Gasteiger charge is -2.50. The summed E-state index contributed by atoms with van der Waals surface area (Å²) >= 11 is 1.91. The molecular formula is C25H38N2O4S. The number of hydrogen-bond acceptors (Lipinski definition) is 7. The molecule has 7 atom stereocenters. The fraction of sp³-hybridized carbons (Fsp3) is 0.800. The van der Waals surface area contributed by atoms with Crippen molar-refractivity contribution >= 4 is 29.3 Å². The summed E-state index contributed by atoms with van der Waals surface area (Å²) in [5.74, 6) is -0.316.